The molecule has 1 aliphatic carbocycles. The summed E-state index contributed by atoms with van der Waals surface area (Å²) >= 11 is 0. The molecule has 2 aromatic rings. The number of phenols is 1. The number of rotatable bonds is 4. The van der Waals surface area contributed by atoms with Crippen molar-refractivity contribution in [1.82, 2.24) is 0 Å². The lowest BCUT2D eigenvalue weighted by atomic mass is 9.62. The highest BCUT2D eigenvalue weighted by atomic mass is 16.5. The minimum absolute atomic E-state index is 0.0492. The van der Waals surface area contributed by atoms with E-state index < -0.39 is 0 Å². The largest absolute Gasteiger partial charge is 0.508 e. The molecule has 0 radical (unpaired) electrons. The first-order valence-electron chi connectivity index (χ1n) is 9.81. The molecule has 1 saturated carbocycles. The summed E-state index contributed by atoms with van der Waals surface area (Å²) in [5.41, 5.74) is 5.44. The fraction of sp³-hybridized carbons (Fsp3) is 0.400. The molecule has 146 valence electrons. The Bertz CT molecular complexity index is 879. The average molecular weight is 376 g/mol. The standard InChI is InChI=1S/C25H29NO2/c1-24(2)15-20(16-25(3,4)17-24)23(18-5-9-21(27)10-6-18)19-7-11-22(12-8-19)28-14-13-26/h5-12,27H,14-17H2,1-4H3. The number of benzene rings is 2. The van der Waals surface area contributed by atoms with Crippen molar-refractivity contribution in [2.75, 3.05) is 6.61 Å². The third-order valence-electron chi connectivity index (χ3n) is 5.30. The zero-order chi connectivity index (χ0) is 20.4. The quantitative estimate of drug-likeness (QED) is 0.679. The maximum atomic E-state index is 9.75. The second-order valence-electron chi connectivity index (χ2n) is 9.36. The van der Waals surface area contributed by atoms with Crippen LogP contribution in [-0.2, 0) is 0 Å². The van der Waals surface area contributed by atoms with E-state index in [-0.39, 0.29) is 23.2 Å². The van der Waals surface area contributed by atoms with E-state index >= 15 is 0 Å². The Kier molecular flexibility index (Phi) is 5.52. The van der Waals surface area contributed by atoms with Gasteiger partial charge < -0.3 is 9.84 Å². The fourth-order valence-corrected chi connectivity index (χ4v) is 4.85. The Hall–Kier alpha value is -2.73. The van der Waals surface area contributed by atoms with Crippen LogP contribution in [0.25, 0.3) is 5.57 Å². The van der Waals surface area contributed by atoms with Crippen molar-refractivity contribution in [3.8, 4) is 17.6 Å². The highest BCUT2D eigenvalue weighted by molar-refractivity contribution is 5.82. The van der Waals surface area contributed by atoms with Crippen molar-refractivity contribution in [1.29, 1.82) is 5.26 Å². The third-order valence-corrected chi connectivity index (χ3v) is 5.30. The van der Waals surface area contributed by atoms with Crippen LogP contribution >= 0.6 is 0 Å². The zero-order valence-corrected chi connectivity index (χ0v) is 17.2. The smallest absolute Gasteiger partial charge is 0.174 e. The number of hydrogen-bond acceptors (Lipinski definition) is 3. The van der Waals surface area contributed by atoms with Crippen molar-refractivity contribution >= 4 is 5.57 Å². The first-order chi connectivity index (χ1) is 13.2. The molecule has 0 heterocycles. The van der Waals surface area contributed by atoms with Gasteiger partial charge in [0, 0.05) is 0 Å². The Morgan fingerprint density at radius 2 is 1.43 bits per heavy atom. The maximum absolute atomic E-state index is 9.75. The van der Waals surface area contributed by atoms with Gasteiger partial charge in [-0.1, -0.05) is 57.5 Å². The van der Waals surface area contributed by atoms with Gasteiger partial charge in [-0.2, -0.15) is 5.26 Å². The highest BCUT2D eigenvalue weighted by Crippen LogP contribution is 2.50. The summed E-state index contributed by atoms with van der Waals surface area (Å²) in [6, 6.07) is 17.5. The molecule has 0 atom stereocenters. The van der Waals surface area contributed by atoms with Gasteiger partial charge in [-0.05, 0) is 71.1 Å². The average Bonchev–Trinajstić information content (AvgIpc) is 2.60. The molecule has 3 heteroatoms. The highest BCUT2D eigenvalue weighted by Gasteiger charge is 2.37. The molecule has 0 bridgehead atoms. The van der Waals surface area contributed by atoms with E-state index in [1.165, 1.54) is 17.6 Å². The second kappa shape index (κ2) is 7.72. The van der Waals surface area contributed by atoms with Crippen LogP contribution in [-0.4, -0.2) is 11.7 Å². The summed E-state index contributed by atoms with van der Waals surface area (Å²) in [6.45, 7) is 9.44. The molecule has 2 aromatic carbocycles. The molecule has 3 rings (SSSR count). The third kappa shape index (κ3) is 4.75. The van der Waals surface area contributed by atoms with Gasteiger partial charge in [0.25, 0.3) is 0 Å². The Morgan fingerprint density at radius 1 is 0.929 bits per heavy atom. The topological polar surface area (TPSA) is 53.2 Å². The molecule has 28 heavy (non-hydrogen) atoms. The number of ether oxygens (including phenoxy) is 1. The lowest BCUT2D eigenvalue weighted by molar-refractivity contribution is 0.154. The van der Waals surface area contributed by atoms with Crippen LogP contribution in [0.1, 0.15) is 58.1 Å². The minimum Gasteiger partial charge on any atom is -0.508 e. The monoisotopic (exact) mass is 375 g/mol. The van der Waals surface area contributed by atoms with Crippen molar-refractivity contribution in [2.24, 2.45) is 10.8 Å². The van der Waals surface area contributed by atoms with E-state index in [1.807, 2.05) is 30.3 Å². The molecule has 1 aliphatic rings. The first-order valence-corrected chi connectivity index (χ1v) is 9.81. The summed E-state index contributed by atoms with van der Waals surface area (Å²) < 4.78 is 5.41. The van der Waals surface area contributed by atoms with E-state index in [4.69, 9.17) is 10.00 Å². The Morgan fingerprint density at radius 3 is 1.93 bits per heavy atom. The van der Waals surface area contributed by atoms with Crippen LogP contribution < -0.4 is 4.74 Å². The second-order valence-corrected chi connectivity index (χ2v) is 9.36. The molecule has 3 nitrogen and oxygen atoms in total. The molecule has 0 aliphatic heterocycles. The molecule has 1 N–H and O–H groups in total. The summed E-state index contributed by atoms with van der Waals surface area (Å²) in [4.78, 5) is 0. The van der Waals surface area contributed by atoms with Gasteiger partial charge >= 0.3 is 0 Å². The van der Waals surface area contributed by atoms with Crippen molar-refractivity contribution in [3.63, 3.8) is 0 Å². The molecule has 0 spiro atoms. The van der Waals surface area contributed by atoms with Gasteiger partial charge in [0.15, 0.2) is 6.61 Å². The SMILES string of the molecule is CC1(C)CC(=C(c2ccc(O)cc2)c2ccc(OCC#N)cc2)CC(C)(C)C1. The van der Waals surface area contributed by atoms with Crippen LogP contribution in [0, 0.1) is 22.2 Å². The molecular formula is C25H29NO2. The summed E-state index contributed by atoms with van der Waals surface area (Å²) in [5.74, 6) is 0.974. The number of nitrogens with zero attached hydrogens (tertiary/aromatic N) is 1. The number of hydrogen-bond donors (Lipinski definition) is 1. The van der Waals surface area contributed by atoms with Gasteiger partial charge in [0.1, 0.15) is 17.6 Å². The van der Waals surface area contributed by atoms with Gasteiger partial charge in [0.05, 0.1) is 0 Å². The summed E-state index contributed by atoms with van der Waals surface area (Å²) in [7, 11) is 0. The van der Waals surface area contributed by atoms with Gasteiger partial charge in [0.2, 0.25) is 0 Å². The molecule has 0 saturated heterocycles. The number of phenolic OH excluding ortho intramolecular Hbond substituents is 1. The lowest BCUT2D eigenvalue weighted by Crippen LogP contribution is -2.30. The predicted octanol–water partition coefficient (Wildman–Crippen LogP) is 6.33. The molecule has 0 unspecified atom stereocenters. The molecule has 0 aromatic heterocycles. The first kappa shape index (κ1) is 20.0. The Labute approximate surface area is 168 Å². The predicted molar refractivity (Wildman–Crippen MR) is 113 cm³/mol. The Balaban J connectivity index is 2.10. The molecular weight excluding hydrogens is 346 g/mol. The number of nitriles is 1. The van der Waals surface area contributed by atoms with Crippen molar-refractivity contribution in [3.05, 3.63) is 65.2 Å². The van der Waals surface area contributed by atoms with Gasteiger partial charge in [-0.25, -0.2) is 0 Å². The number of aromatic hydroxyl groups is 1. The van der Waals surface area contributed by atoms with Crippen molar-refractivity contribution in [2.45, 2.75) is 47.0 Å². The van der Waals surface area contributed by atoms with Crippen LogP contribution in [0.5, 0.6) is 11.5 Å². The normalized spacial score (nSPS) is 17.6. The fourth-order valence-electron chi connectivity index (χ4n) is 4.85. The maximum Gasteiger partial charge on any atom is 0.174 e. The van der Waals surface area contributed by atoms with E-state index in [9.17, 15) is 5.11 Å². The van der Waals surface area contributed by atoms with Gasteiger partial charge in [-0.3, -0.25) is 0 Å². The van der Waals surface area contributed by atoms with Gasteiger partial charge in [-0.15, -0.1) is 0 Å². The zero-order valence-electron chi connectivity index (χ0n) is 17.2. The molecule has 0 amide bonds. The van der Waals surface area contributed by atoms with Crippen LogP contribution in [0.4, 0.5) is 0 Å². The number of allylic oxidation sites excluding steroid dienone is 1. The van der Waals surface area contributed by atoms with Crippen LogP contribution in [0.3, 0.4) is 0 Å². The summed E-state index contributed by atoms with van der Waals surface area (Å²) in [5, 5.41) is 18.5. The summed E-state index contributed by atoms with van der Waals surface area (Å²) in [6.07, 6.45) is 3.31. The minimum atomic E-state index is 0.0492. The van der Waals surface area contributed by atoms with E-state index in [2.05, 4.69) is 39.8 Å². The van der Waals surface area contributed by atoms with Crippen molar-refractivity contribution < 1.29 is 9.84 Å². The van der Waals surface area contributed by atoms with E-state index in [0.717, 1.165) is 24.0 Å². The lowest BCUT2D eigenvalue weighted by Gasteiger charge is -2.43. The molecule has 1 fully saturated rings. The van der Waals surface area contributed by atoms with E-state index in [0.29, 0.717) is 5.75 Å². The van der Waals surface area contributed by atoms with Crippen LogP contribution in [0.15, 0.2) is 54.1 Å². The van der Waals surface area contributed by atoms with Crippen LogP contribution in [0.2, 0.25) is 0 Å². The van der Waals surface area contributed by atoms with E-state index in [1.54, 1.807) is 12.1 Å².